The van der Waals surface area contributed by atoms with E-state index in [0.29, 0.717) is 6.04 Å². The van der Waals surface area contributed by atoms with E-state index in [-0.39, 0.29) is 6.61 Å². The highest BCUT2D eigenvalue weighted by atomic mass is 16.3. The minimum absolute atomic E-state index is 0.0306. The number of rotatable bonds is 3. The molecule has 0 radical (unpaired) electrons. The number of hydrogen-bond donors (Lipinski definition) is 2. The first-order chi connectivity index (χ1) is 5.74. The average Bonchev–Trinajstić information content (AvgIpc) is 2.04. The van der Waals surface area contributed by atoms with Crippen LogP contribution < -0.4 is 5.32 Å². The average molecular weight is 166 g/mol. The maximum atomic E-state index is 8.95. The van der Waals surface area contributed by atoms with Crippen LogP contribution in [0.1, 0.15) is 19.4 Å². The Morgan fingerprint density at radius 3 is 2.92 bits per heavy atom. The maximum absolute atomic E-state index is 8.95. The lowest BCUT2D eigenvalue weighted by molar-refractivity contribution is 0.282. The Labute approximate surface area is 72.5 Å². The van der Waals surface area contributed by atoms with Gasteiger partial charge in [0.25, 0.3) is 0 Å². The first-order valence-electron chi connectivity index (χ1n) is 4.04. The summed E-state index contributed by atoms with van der Waals surface area (Å²) in [5.41, 5.74) is 1.80. The Balaban J connectivity index is 2.82. The molecule has 0 saturated heterocycles. The van der Waals surface area contributed by atoms with Gasteiger partial charge in [0, 0.05) is 29.7 Å². The molecule has 0 bridgehead atoms. The number of anilines is 1. The Morgan fingerprint density at radius 1 is 1.58 bits per heavy atom. The predicted octanol–water partition coefficient (Wildman–Crippen LogP) is 1.39. The molecule has 3 heteroatoms. The zero-order valence-electron chi connectivity index (χ0n) is 7.41. The highest BCUT2D eigenvalue weighted by Gasteiger charge is 2.00. The molecular formula is C9H14N2O. The summed E-state index contributed by atoms with van der Waals surface area (Å²) in [4.78, 5) is 3.92. The molecule has 12 heavy (non-hydrogen) atoms. The third kappa shape index (κ3) is 2.20. The summed E-state index contributed by atoms with van der Waals surface area (Å²) in [6.45, 7) is 4.14. The highest BCUT2D eigenvalue weighted by molar-refractivity contribution is 5.49. The minimum atomic E-state index is 0.0306. The van der Waals surface area contributed by atoms with Gasteiger partial charge in [0.15, 0.2) is 0 Å². The van der Waals surface area contributed by atoms with Gasteiger partial charge in [0.1, 0.15) is 0 Å². The molecule has 0 aliphatic heterocycles. The van der Waals surface area contributed by atoms with Gasteiger partial charge < -0.3 is 10.4 Å². The van der Waals surface area contributed by atoms with E-state index in [1.54, 1.807) is 12.4 Å². The smallest absolute Gasteiger partial charge is 0.0717 e. The van der Waals surface area contributed by atoms with Gasteiger partial charge >= 0.3 is 0 Å². The van der Waals surface area contributed by atoms with Crippen LogP contribution in [0.15, 0.2) is 18.5 Å². The Bertz CT molecular complexity index is 248. The summed E-state index contributed by atoms with van der Waals surface area (Å²) in [7, 11) is 0. The summed E-state index contributed by atoms with van der Waals surface area (Å²) in [5, 5.41) is 12.2. The van der Waals surface area contributed by atoms with Gasteiger partial charge in [-0.15, -0.1) is 0 Å². The van der Waals surface area contributed by atoms with Gasteiger partial charge in [-0.1, -0.05) is 0 Å². The molecule has 0 aromatic carbocycles. The molecule has 0 fully saturated rings. The van der Waals surface area contributed by atoms with Crippen molar-refractivity contribution in [1.82, 2.24) is 4.98 Å². The predicted molar refractivity (Wildman–Crippen MR) is 48.9 cm³/mol. The molecule has 0 atom stereocenters. The van der Waals surface area contributed by atoms with Crippen molar-refractivity contribution in [3.8, 4) is 0 Å². The molecule has 66 valence electrons. The van der Waals surface area contributed by atoms with E-state index in [4.69, 9.17) is 5.11 Å². The third-order valence-electron chi connectivity index (χ3n) is 1.52. The fourth-order valence-electron chi connectivity index (χ4n) is 1.00. The largest absolute Gasteiger partial charge is 0.392 e. The monoisotopic (exact) mass is 166 g/mol. The molecule has 1 aromatic rings. The molecule has 0 unspecified atom stereocenters. The number of nitrogens with one attached hydrogen (secondary N) is 1. The highest BCUT2D eigenvalue weighted by Crippen LogP contribution is 2.13. The van der Waals surface area contributed by atoms with E-state index in [1.165, 1.54) is 0 Å². The number of aliphatic hydroxyl groups excluding tert-OH is 1. The maximum Gasteiger partial charge on any atom is 0.0717 e. The van der Waals surface area contributed by atoms with Crippen molar-refractivity contribution in [2.24, 2.45) is 0 Å². The SMILES string of the molecule is CC(C)Nc1ccncc1CO. The van der Waals surface area contributed by atoms with Gasteiger partial charge in [0.05, 0.1) is 6.61 Å². The fraction of sp³-hybridized carbons (Fsp3) is 0.444. The van der Waals surface area contributed by atoms with Crippen molar-refractivity contribution in [3.05, 3.63) is 24.0 Å². The first-order valence-corrected chi connectivity index (χ1v) is 4.04. The van der Waals surface area contributed by atoms with Crippen LogP contribution in [0.2, 0.25) is 0 Å². The van der Waals surface area contributed by atoms with E-state index in [1.807, 2.05) is 6.07 Å². The van der Waals surface area contributed by atoms with Crippen LogP contribution in [0, 0.1) is 0 Å². The molecule has 1 heterocycles. The quantitative estimate of drug-likeness (QED) is 0.713. The van der Waals surface area contributed by atoms with E-state index in [2.05, 4.69) is 24.1 Å². The molecule has 0 saturated carbocycles. The van der Waals surface area contributed by atoms with Gasteiger partial charge in [0.2, 0.25) is 0 Å². The third-order valence-corrected chi connectivity index (χ3v) is 1.52. The summed E-state index contributed by atoms with van der Waals surface area (Å²) < 4.78 is 0. The zero-order valence-corrected chi connectivity index (χ0v) is 7.41. The Morgan fingerprint density at radius 2 is 2.33 bits per heavy atom. The van der Waals surface area contributed by atoms with Gasteiger partial charge in [-0.2, -0.15) is 0 Å². The molecular weight excluding hydrogens is 152 g/mol. The number of aromatic nitrogens is 1. The summed E-state index contributed by atoms with van der Waals surface area (Å²) >= 11 is 0. The van der Waals surface area contributed by atoms with Crippen LogP contribution in [0.25, 0.3) is 0 Å². The van der Waals surface area contributed by atoms with Crippen LogP contribution in [-0.2, 0) is 6.61 Å². The number of aliphatic hydroxyl groups is 1. The van der Waals surface area contributed by atoms with Crippen LogP contribution in [0.5, 0.6) is 0 Å². The lowest BCUT2D eigenvalue weighted by Crippen LogP contribution is -2.11. The van der Waals surface area contributed by atoms with Crippen LogP contribution in [0.4, 0.5) is 5.69 Å². The number of hydrogen-bond acceptors (Lipinski definition) is 3. The normalized spacial score (nSPS) is 10.3. The summed E-state index contributed by atoms with van der Waals surface area (Å²) in [6.07, 6.45) is 3.38. The van der Waals surface area contributed by atoms with Crippen molar-refractivity contribution in [2.75, 3.05) is 5.32 Å². The molecule has 3 nitrogen and oxygen atoms in total. The zero-order chi connectivity index (χ0) is 8.97. The van der Waals surface area contributed by atoms with Crippen LogP contribution in [-0.4, -0.2) is 16.1 Å². The van der Waals surface area contributed by atoms with Crippen molar-refractivity contribution in [2.45, 2.75) is 26.5 Å². The van der Waals surface area contributed by atoms with Crippen molar-refractivity contribution in [1.29, 1.82) is 0 Å². The summed E-state index contributed by atoms with van der Waals surface area (Å²) in [6, 6.07) is 2.24. The molecule has 0 amide bonds. The van der Waals surface area contributed by atoms with Crippen LogP contribution in [0.3, 0.4) is 0 Å². The van der Waals surface area contributed by atoms with Crippen LogP contribution >= 0.6 is 0 Å². The molecule has 0 aliphatic carbocycles. The molecule has 0 spiro atoms. The van der Waals surface area contributed by atoms with E-state index >= 15 is 0 Å². The van der Waals surface area contributed by atoms with E-state index in [0.717, 1.165) is 11.3 Å². The fourth-order valence-corrected chi connectivity index (χ4v) is 1.00. The van der Waals surface area contributed by atoms with Gasteiger partial charge in [-0.3, -0.25) is 4.98 Å². The number of pyridine rings is 1. The lowest BCUT2D eigenvalue weighted by Gasteiger charge is -2.12. The second-order valence-electron chi connectivity index (χ2n) is 2.99. The Kier molecular flexibility index (Phi) is 3.05. The standard InChI is InChI=1S/C9H14N2O/c1-7(2)11-9-3-4-10-5-8(9)6-12/h3-5,7,12H,6H2,1-2H3,(H,10,11). The molecule has 2 N–H and O–H groups in total. The number of nitrogens with zero attached hydrogens (tertiary/aromatic N) is 1. The van der Waals surface area contributed by atoms with Crippen molar-refractivity contribution >= 4 is 5.69 Å². The molecule has 0 aliphatic rings. The lowest BCUT2D eigenvalue weighted by atomic mass is 10.2. The molecule has 1 rings (SSSR count). The topological polar surface area (TPSA) is 45.2 Å². The van der Waals surface area contributed by atoms with Gasteiger partial charge in [-0.25, -0.2) is 0 Å². The van der Waals surface area contributed by atoms with E-state index < -0.39 is 0 Å². The van der Waals surface area contributed by atoms with Crippen molar-refractivity contribution < 1.29 is 5.11 Å². The molecule has 1 aromatic heterocycles. The minimum Gasteiger partial charge on any atom is -0.392 e. The Hall–Kier alpha value is -1.09. The second-order valence-corrected chi connectivity index (χ2v) is 2.99. The van der Waals surface area contributed by atoms with Gasteiger partial charge in [-0.05, 0) is 19.9 Å². The first kappa shape index (κ1) is 9.00. The summed E-state index contributed by atoms with van der Waals surface area (Å²) in [5.74, 6) is 0. The van der Waals surface area contributed by atoms with E-state index in [9.17, 15) is 0 Å². The van der Waals surface area contributed by atoms with Crippen molar-refractivity contribution in [3.63, 3.8) is 0 Å². The second kappa shape index (κ2) is 4.07.